The van der Waals surface area contributed by atoms with Crippen molar-refractivity contribution in [1.29, 1.82) is 0 Å². The molecular formula is C13H26N2O. The highest BCUT2D eigenvalue weighted by atomic mass is 16.2. The van der Waals surface area contributed by atoms with Gasteiger partial charge in [-0.2, -0.15) is 0 Å². The maximum absolute atomic E-state index is 12.0. The molecule has 1 saturated carbocycles. The maximum atomic E-state index is 12.0. The van der Waals surface area contributed by atoms with E-state index in [1.54, 1.807) is 4.90 Å². The Balaban J connectivity index is 2.51. The van der Waals surface area contributed by atoms with Crippen LogP contribution in [0, 0.1) is 5.92 Å². The lowest BCUT2D eigenvalue weighted by molar-refractivity contribution is -0.131. The molecule has 0 bridgehead atoms. The molecule has 1 fully saturated rings. The summed E-state index contributed by atoms with van der Waals surface area (Å²) in [6, 6.07) is 0.575. The number of carbonyl (C=O) groups excluding carboxylic acids is 1. The van der Waals surface area contributed by atoms with Crippen LogP contribution in [-0.4, -0.2) is 37.0 Å². The Labute approximate surface area is 99.6 Å². The zero-order valence-electron chi connectivity index (χ0n) is 11.1. The topological polar surface area (TPSA) is 32.3 Å². The predicted molar refractivity (Wildman–Crippen MR) is 67.3 cm³/mol. The minimum atomic E-state index is 0.0121. The van der Waals surface area contributed by atoms with Crippen LogP contribution in [0.2, 0.25) is 0 Å². The Morgan fingerprint density at radius 3 is 2.31 bits per heavy atom. The van der Waals surface area contributed by atoms with E-state index in [4.69, 9.17) is 0 Å². The third-order valence-electron chi connectivity index (χ3n) is 3.24. The Bertz CT molecular complexity index is 220. The summed E-state index contributed by atoms with van der Waals surface area (Å²) < 4.78 is 0. The molecule has 0 aromatic heterocycles. The highest BCUT2D eigenvalue weighted by molar-refractivity contribution is 5.81. The van der Waals surface area contributed by atoms with Crippen molar-refractivity contribution in [2.45, 2.75) is 58.0 Å². The van der Waals surface area contributed by atoms with Crippen LogP contribution in [0.3, 0.4) is 0 Å². The lowest BCUT2D eigenvalue weighted by atomic mass is 10.0. The average Bonchev–Trinajstić information content (AvgIpc) is 2.67. The molecule has 0 aromatic carbocycles. The van der Waals surface area contributed by atoms with Gasteiger partial charge in [-0.3, -0.25) is 4.79 Å². The fraction of sp³-hybridized carbons (Fsp3) is 0.923. The van der Waals surface area contributed by atoms with Crippen molar-refractivity contribution in [3.8, 4) is 0 Å². The Kier molecular flexibility index (Phi) is 5.26. The minimum absolute atomic E-state index is 0.0121. The van der Waals surface area contributed by atoms with Gasteiger partial charge < -0.3 is 10.2 Å². The van der Waals surface area contributed by atoms with Crippen LogP contribution in [0.25, 0.3) is 0 Å². The molecule has 1 aliphatic rings. The van der Waals surface area contributed by atoms with Crippen LogP contribution in [0.1, 0.15) is 46.0 Å². The van der Waals surface area contributed by atoms with Gasteiger partial charge in [0.1, 0.15) is 0 Å². The number of hydrogen-bond acceptors (Lipinski definition) is 2. The van der Waals surface area contributed by atoms with Gasteiger partial charge in [0.25, 0.3) is 0 Å². The van der Waals surface area contributed by atoms with Gasteiger partial charge in [-0.05, 0) is 25.2 Å². The van der Waals surface area contributed by atoms with E-state index in [0.717, 1.165) is 6.42 Å². The standard InChI is InChI=1S/C13H26N2O/c1-10(2)9-12(13(16)15(3)4)14-11-7-5-6-8-11/h10-12,14H,5-9H2,1-4H3. The van der Waals surface area contributed by atoms with Crippen LogP contribution in [0.15, 0.2) is 0 Å². The Hall–Kier alpha value is -0.570. The van der Waals surface area contributed by atoms with E-state index in [0.29, 0.717) is 12.0 Å². The van der Waals surface area contributed by atoms with Crippen molar-refractivity contribution in [2.75, 3.05) is 14.1 Å². The first-order chi connectivity index (χ1) is 7.50. The zero-order valence-corrected chi connectivity index (χ0v) is 11.1. The summed E-state index contributed by atoms with van der Waals surface area (Å²) in [6.07, 6.45) is 6.02. The Morgan fingerprint density at radius 2 is 1.88 bits per heavy atom. The molecule has 16 heavy (non-hydrogen) atoms. The molecule has 0 aliphatic heterocycles. The number of rotatable bonds is 5. The molecule has 0 aromatic rings. The number of likely N-dealkylation sites (N-methyl/N-ethyl adjacent to an activating group) is 1. The summed E-state index contributed by atoms with van der Waals surface area (Å²) >= 11 is 0. The molecule has 94 valence electrons. The van der Waals surface area contributed by atoms with E-state index < -0.39 is 0 Å². The SMILES string of the molecule is CC(C)CC(NC1CCCC1)C(=O)N(C)C. The summed E-state index contributed by atoms with van der Waals surface area (Å²) in [5, 5.41) is 3.54. The van der Waals surface area contributed by atoms with E-state index in [-0.39, 0.29) is 11.9 Å². The van der Waals surface area contributed by atoms with Gasteiger partial charge in [-0.15, -0.1) is 0 Å². The molecule has 0 spiro atoms. The first-order valence-electron chi connectivity index (χ1n) is 6.48. The van der Waals surface area contributed by atoms with Gasteiger partial charge >= 0.3 is 0 Å². The second-order valence-electron chi connectivity index (χ2n) is 5.56. The third kappa shape index (κ3) is 4.12. The summed E-state index contributed by atoms with van der Waals surface area (Å²) in [4.78, 5) is 13.7. The first-order valence-corrected chi connectivity index (χ1v) is 6.48. The van der Waals surface area contributed by atoms with Crippen molar-refractivity contribution in [2.24, 2.45) is 5.92 Å². The number of amides is 1. The van der Waals surface area contributed by atoms with Crippen LogP contribution in [0.5, 0.6) is 0 Å². The van der Waals surface area contributed by atoms with E-state index >= 15 is 0 Å². The number of hydrogen-bond donors (Lipinski definition) is 1. The maximum Gasteiger partial charge on any atom is 0.239 e. The molecule has 1 amide bonds. The van der Waals surface area contributed by atoms with Gasteiger partial charge in [0.05, 0.1) is 6.04 Å². The minimum Gasteiger partial charge on any atom is -0.347 e. The molecule has 0 radical (unpaired) electrons. The zero-order chi connectivity index (χ0) is 12.1. The predicted octanol–water partition coefficient (Wildman–Crippen LogP) is 2.02. The van der Waals surface area contributed by atoms with Gasteiger partial charge in [0.15, 0.2) is 0 Å². The van der Waals surface area contributed by atoms with Gasteiger partial charge in [0, 0.05) is 20.1 Å². The van der Waals surface area contributed by atoms with Crippen molar-refractivity contribution in [3.05, 3.63) is 0 Å². The number of nitrogens with zero attached hydrogens (tertiary/aromatic N) is 1. The van der Waals surface area contributed by atoms with Crippen molar-refractivity contribution in [3.63, 3.8) is 0 Å². The van der Waals surface area contributed by atoms with Crippen LogP contribution >= 0.6 is 0 Å². The van der Waals surface area contributed by atoms with Crippen molar-refractivity contribution in [1.82, 2.24) is 10.2 Å². The normalized spacial score (nSPS) is 19.1. The molecule has 1 atom stereocenters. The lowest BCUT2D eigenvalue weighted by Crippen LogP contribution is -2.47. The summed E-state index contributed by atoms with van der Waals surface area (Å²) in [7, 11) is 3.68. The van der Waals surface area contributed by atoms with E-state index in [9.17, 15) is 4.79 Å². The number of nitrogens with one attached hydrogen (secondary N) is 1. The molecule has 3 nitrogen and oxygen atoms in total. The van der Waals surface area contributed by atoms with E-state index in [1.165, 1.54) is 25.7 Å². The summed E-state index contributed by atoms with van der Waals surface area (Å²) in [6.45, 7) is 4.35. The second kappa shape index (κ2) is 6.24. The van der Waals surface area contributed by atoms with Crippen molar-refractivity contribution >= 4 is 5.91 Å². The molecule has 1 unspecified atom stereocenters. The fourth-order valence-electron chi connectivity index (χ4n) is 2.40. The average molecular weight is 226 g/mol. The van der Waals surface area contributed by atoms with E-state index in [2.05, 4.69) is 19.2 Å². The third-order valence-corrected chi connectivity index (χ3v) is 3.24. The lowest BCUT2D eigenvalue weighted by Gasteiger charge is -2.26. The quantitative estimate of drug-likeness (QED) is 0.778. The highest BCUT2D eigenvalue weighted by Crippen LogP contribution is 2.19. The molecular weight excluding hydrogens is 200 g/mol. The number of carbonyl (C=O) groups is 1. The Morgan fingerprint density at radius 1 is 1.31 bits per heavy atom. The summed E-state index contributed by atoms with van der Waals surface area (Å²) in [5.74, 6) is 0.781. The van der Waals surface area contributed by atoms with E-state index in [1.807, 2.05) is 14.1 Å². The molecule has 0 heterocycles. The van der Waals surface area contributed by atoms with Gasteiger partial charge in [-0.25, -0.2) is 0 Å². The highest BCUT2D eigenvalue weighted by Gasteiger charge is 2.25. The van der Waals surface area contributed by atoms with Crippen LogP contribution < -0.4 is 5.32 Å². The second-order valence-corrected chi connectivity index (χ2v) is 5.56. The molecule has 0 saturated heterocycles. The monoisotopic (exact) mass is 226 g/mol. The van der Waals surface area contributed by atoms with Crippen LogP contribution in [0.4, 0.5) is 0 Å². The largest absolute Gasteiger partial charge is 0.347 e. The van der Waals surface area contributed by atoms with Crippen LogP contribution in [-0.2, 0) is 4.79 Å². The fourth-order valence-corrected chi connectivity index (χ4v) is 2.40. The van der Waals surface area contributed by atoms with Crippen molar-refractivity contribution < 1.29 is 4.79 Å². The molecule has 3 heteroatoms. The van der Waals surface area contributed by atoms with Gasteiger partial charge in [0.2, 0.25) is 5.91 Å². The summed E-state index contributed by atoms with van der Waals surface area (Å²) in [5.41, 5.74) is 0. The first kappa shape index (κ1) is 13.5. The smallest absolute Gasteiger partial charge is 0.239 e. The van der Waals surface area contributed by atoms with Gasteiger partial charge in [-0.1, -0.05) is 26.7 Å². The molecule has 1 rings (SSSR count). The molecule has 1 N–H and O–H groups in total. The molecule has 1 aliphatic carbocycles.